The maximum atomic E-state index is 11.1. The molecule has 0 N–H and O–H groups in total. The second-order valence-corrected chi connectivity index (χ2v) is 3.50. The molecule has 0 bridgehead atoms. The van der Waals surface area contributed by atoms with Gasteiger partial charge in [-0.3, -0.25) is 4.79 Å². The summed E-state index contributed by atoms with van der Waals surface area (Å²) in [6.07, 6.45) is 0.989. The van der Waals surface area contributed by atoms with E-state index in [-0.39, 0.29) is 10.7 Å². The molecular formula is C7H11BrN2O. The van der Waals surface area contributed by atoms with Gasteiger partial charge in [-0.15, -0.1) is 0 Å². The number of hydrogen-bond donors (Lipinski definition) is 0. The zero-order chi connectivity index (χ0) is 8.85. The SMILES string of the molecule is CN(C)C(=O)C(Br)CCC#N. The third kappa shape index (κ3) is 3.99. The summed E-state index contributed by atoms with van der Waals surface area (Å²) in [6, 6.07) is 1.99. The van der Waals surface area contributed by atoms with Crippen LogP contribution in [0.3, 0.4) is 0 Å². The standard InChI is InChI=1S/C7H11BrN2O/c1-10(2)7(11)6(8)4-3-5-9/h6H,3-4H2,1-2H3. The van der Waals surface area contributed by atoms with Gasteiger partial charge in [-0.05, 0) is 6.42 Å². The number of carbonyl (C=O) groups is 1. The highest BCUT2D eigenvalue weighted by atomic mass is 79.9. The molecule has 0 radical (unpaired) electrons. The van der Waals surface area contributed by atoms with E-state index in [0.29, 0.717) is 12.8 Å². The van der Waals surface area contributed by atoms with E-state index in [4.69, 9.17) is 5.26 Å². The van der Waals surface area contributed by atoms with Crippen LogP contribution in [0, 0.1) is 11.3 Å². The molecule has 3 nitrogen and oxygen atoms in total. The van der Waals surface area contributed by atoms with Crippen molar-refractivity contribution in [3.63, 3.8) is 0 Å². The maximum absolute atomic E-state index is 11.1. The first-order valence-corrected chi connectivity index (χ1v) is 4.23. The van der Waals surface area contributed by atoms with Gasteiger partial charge in [0.15, 0.2) is 0 Å². The van der Waals surface area contributed by atoms with Crippen LogP contribution in [0.1, 0.15) is 12.8 Å². The van der Waals surface area contributed by atoms with Gasteiger partial charge in [-0.2, -0.15) is 5.26 Å². The van der Waals surface area contributed by atoms with Crippen LogP contribution in [0.2, 0.25) is 0 Å². The molecular weight excluding hydrogens is 208 g/mol. The van der Waals surface area contributed by atoms with Gasteiger partial charge in [0.2, 0.25) is 5.91 Å². The molecule has 4 heteroatoms. The summed E-state index contributed by atoms with van der Waals surface area (Å²) in [6.45, 7) is 0. The molecule has 0 heterocycles. The van der Waals surface area contributed by atoms with Gasteiger partial charge in [-0.25, -0.2) is 0 Å². The van der Waals surface area contributed by atoms with E-state index in [0.717, 1.165) is 0 Å². The second-order valence-electron chi connectivity index (χ2n) is 2.40. The van der Waals surface area contributed by atoms with Gasteiger partial charge in [0.25, 0.3) is 0 Å². The van der Waals surface area contributed by atoms with Crippen LogP contribution in [0.4, 0.5) is 0 Å². The lowest BCUT2D eigenvalue weighted by Crippen LogP contribution is -2.29. The van der Waals surface area contributed by atoms with Gasteiger partial charge in [-0.1, -0.05) is 15.9 Å². The van der Waals surface area contributed by atoms with E-state index in [1.54, 1.807) is 14.1 Å². The molecule has 0 rings (SSSR count). The largest absolute Gasteiger partial charge is 0.348 e. The molecule has 1 atom stereocenters. The van der Waals surface area contributed by atoms with Crippen molar-refractivity contribution in [2.75, 3.05) is 14.1 Å². The minimum atomic E-state index is -0.211. The van der Waals surface area contributed by atoms with Gasteiger partial charge in [0.1, 0.15) is 0 Å². The van der Waals surface area contributed by atoms with Crippen LogP contribution in [0.15, 0.2) is 0 Å². The highest BCUT2D eigenvalue weighted by Crippen LogP contribution is 2.09. The van der Waals surface area contributed by atoms with E-state index < -0.39 is 0 Å². The summed E-state index contributed by atoms with van der Waals surface area (Å²) >= 11 is 3.20. The lowest BCUT2D eigenvalue weighted by molar-refractivity contribution is -0.128. The van der Waals surface area contributed by atoms with Gasteiger partial charge >= 0.3 is 0 Å². The van der Waals surface area contributed by atoms with E-state index in [1.165, 1.54) is 4.90 Å². The molecule has 0 saturated carbocycles. The normalized spacial score (nSPS) is 11.8. The molecule has 1 amide bonds. The van der Waals surface area contributed by atoms with Crippen LogP contribution in [0.25, 0.3) is 0 Å². The summed E-state index contributed by atoms with van der Waals surface area (Å²) in [7, 11) is 3.39. The highest BCUT2D eigenvalue weighted by Gasteiger charge is 2.15. The van der Waals surface area contributed by atoms with Crippen molar-refractivity contribution in [2.45, 2.75) is 17.7 Å². The zero-order valence-electron chi connectivity index (χ0n) is 6.67. The minimum Gasteiger partial charge on any atom is -0.348 e. The fraction of sp³-hybridized carbons (Fsp3) is 0.714. The van der Waals surface area contributed by atoms with E-state index in [1.807, 2.05) is 6.07 Å². The topological polar surface area (TPSA) is 44.1 Å². The molecule has 0 saturated heterocycles. The van der Waals surface area contributed by atoms with Crippen molar-refractivity contribution in [1.82, 2.24) is 4.90 Å². The molecule has 0 aromatic rings. The third-order valence-electron chi connectivity index (χ3n) is 1.22. The van der Waals surface area contributed by atoms with E-state index >= 15 is 0 Å². The highest BCUT2D eigenvalue weighted by molar-refractivity contribution is 9.10. The summed E-state index contributed by atoms with van der Waals surface area (Å²) in [5, 5.41) is 8.24. The Hall–Kier alpha value is -0.560. The number of amides is 1. The molecule has 1 unspecified atom stereocenters. The number of halogens is 1. The first-order valence-electron chi connectivity index (χ1n) is 3.31. The van der Waals surface area contributed by atoms with Crippen molar-refractivity contribution in [2.24, 2.45) is 0 Å². The molecule has 0 aliphatic rings. The summed E-state index contributed by atoms with van der Waals surface area (Å²) < 4.78 is 0. The third-order valence-corrected chi connectivity index (χ3v) is 2.07. The fourth-order valence-corrected chi connectivity index (χ4v) is 1.23. The van der Waals surface area contributed by atoms with E-state index in [2.05, 4.69) is 15.9 Å². The minimum absolute atomic E-state index is 0.0141. The van der Waals surface area contributed by atoms with Crippen LogP contribution in [0.5, 0.6) is 0 Å². The van der Waals surface area contributed by atoms with E-state index in [9.17, 15) is 4.79 Å². The van der Waals surface area contributed by atoms with Crippen LogP contribution in [-0.2, 0) is 4.79 Å². The first-order chi connectivity index (χ1) is 5.09. The molecule has 0 spiro atoms. The van der Waals surface area contributed by atoms with Crippen molar-refractivity contribution in [3.8, 4) is 6.07 Å². The molecule has 0 aliphatic carbocycles. The van der Waals surface area contributed by atoms with Gasteiger partial charge in [0, 0.05) is 20.5 Å². The molecule has 0 aliphatic heterocycles. The monoisotopic (exact) mass is 218 g/mol. The lowest BCUT2D eigenvalue weighted by Gasteiger charge is -2.13. The van der Waals surface area contributed by atoms with Crippen LogP contribution in [-0.4, -0.2) is 29.7 Å². The first kappa shape index (κ1) is 10.4. The predicted molar refractivity (Wildman–Crippen MR) is 46.3 cm³/mol. The summed E-state index contributed by atoms with van der Waals surface area (Å²) in [4.78, 5) is 12.4. The van der Waals surface area contributed by atoms with Crippen molar-refractivity contribution >= 4 is 21.8 Å². The average molecular weight is 219 g/mol. The lowest BCUT2D eigenvalue weighted by atomic mass is 10.2. The Morgan fingerprint density at radius 1 is 1.73 bits per heavy atom. The van der Waals surface area contributed by atoms with Crippen molar-refractivity contribution in [3.05, 3.63) is 0 Å². The Bertz CT molecular complexity index is 174. The summed E-state index contributed by atoms with van der Waals surface area (Å²) in [5.74, 6) is 0.0141. The van der Waals surface area contributed by atoms with Gasteiger partial charge < -0.3 is 4.90 Å². The van der Waals surface area contributed by atoms with Crippen LogP contribution >= 0.6 is 15.9 Å². The Morgan fingerprint density at radius 3 is 2.64 bits per heavy atom. The quantitative estimate of drug-likeness (QED) is 0.668. The Labute approximate surface area is 75.1 Å². The molecule has 0 aromatic heterocycles. The average Bonchev–Trinajstić information content (AvgIpc) is 1.98. The number of carbonyl (C=O) groups excluding carboxylic acids is 1. The molecule has 0 fully saturated rings. The molecule has 0 aromatic carbocycles. The number of rotatable bonds is 3. The Morgan fingerprint density at radius 2 is 2.27 bits per heavy atom. The fourth-order valence-electron chi connectivity index (χ4n) is 0.595. The zero-order valence-corrected chi connectivity index (χ0v) is 8.26. The number of nitriles is 1. The molecule has 62 valence electrons. The number of alkyl halides is 1. The summed E-state index contributed by atoms with van der Waals surface area (Å²) in [5.41, 5.74) is 0. The number of hydrogen-bond acceptors (Lipinski definition) is 2. The van der Waals surface area contributed by atoms with Crippen molar-refractivity contribution in [1.29, 1.82) is 5.26 Å². The molecule has 11 heavy (non-hydrogen) atoms. The Kier molecular flexibility index (Phi) is 4.88. The van der Waals surface area contributed by atoms with Gasteiger partial charge in [0.05, 0.1) is 10.9 Å². The predicted octanol–water partition coefficient (Wildman–Crippen LogP) is 1.14. The van der Waals surface area contributed by atoms with Crippen LogP contribution < -0.4 is 0 Å². The Balaban J connectivity index is 3.75. The maximum Gasteiger partial charge on any atom is 0.235 e. The second kappa shape index (κ2) is 5.14. The smallest absolute Gasteiger partial charge is 0.235 e. The number of nitrogens with zero attached hydrogens (tertiary/aromatic N) is 2. The van der Waals surface area contributed by atoms with Crippen molar-refractivity contribution < 1.29 is 4.79 Å².